The van der Waals surface area contributed by atoms with Crippen molar-refractivity contribution in [2.24, 2.45) is 5.41 Å². The van der Waals surface area contributed by atoms with Crippen molar-refractivity contribution in [1.29, 1.82) is 0 Å². The molecule has 1 atom stereocenters. The van der Waals surface area contributed by atoms with Crippen LogP contribution in [0, 0.1) is 5.41 Å². The van der Waals surface area contributed by atoms with Crippen molar-refractivity contribution in [3.63, 3.8) is 0 Å². The molecule has 2 heterocycles. The summed E-state index contributed by atoms with van der Waals surface area (Å²) in [5, 5.41) is 3.41. The Morgan fingerprint density at radius 3 is 2.74 bits per heavy atom. The average Bonchev–Trinajstić information content (AvgIpc) is 2.65. The molecule has 1 N–H and O–H groups in total. The summed E-state index contributed by atoms with van der Waals surface area (Å²) in [6.45, 7) is 8.44. The van der Waals surface area contributed by atoms with Crippen molar-refractivity contribution in [3.05, 3.63) is 0 Å². The molecule has 2 rings (SSSR count). The monoisotopic (exact) mass is 286 g/mol. The third kappa shape index (κ3) is 3.26. The first kappa shape index (κ1) is 15.1. The van der Waals surface area contributed by atoms with E-state index in [9.17, 15) is 4.79 Å². The maximum Gasteiger partial charge on any atom is 0.327 e. The zero-order valence-electron chi connectivity index (χ0n) is 12.3. The molecular formula is C14H26N2O2S. The van der Waals surface area contributed by atoms with Gasteiger partial charge in [0.25, 0.3) is 0 Å². The quantitative estimate of drug-likeness (QED) is 0.776. The van der Waals surface area contributed by atoms with Gasteiger partial charge in [-0.2, -0.15) is 11.8 Å². The molecule has 2 fully saturated rings. The summed E-state index contributed by atoms with van der Waals surface area (Å²) >= 11 is 1.89. The molecule has 0 spiro atoms. The molecule has 0 amide bonds. The molecule has 0 aromatic heterocycles. The van der Waals surface area contributed by atoms with Crippen LogP contribution >= 0.6 is 11.8 Å². The Morgan fingerprint density at radius 1 is 1.26 bits per heavy atom. The predicted molar refractivity (Wildman–Crippen MR) is 79.5 cm³/mol. The van der Waals surface area contributed by atoms with Gasteiger partial charge in [-0.3, -0.25) is 9.69 Å². The van der Waals surface area contributed by atoms with Crippen LogP contribution in [0.25, 0.3) is 0 Å². The van der Waals surface area contributed by atoms with E-state index in [1.165, 1.54) is 7.11 Å². The largest absolute Gasteiger partial charge is 0.468 e. The number of hydrogen-bond acceptors (Lipinski definition) is 5. The van der Waals surface area contributed by atoms with Crippen LogP contribution < -0.4 is 5.32 Å². The summed E-state index contributed by atoms with van der Waals surface area (Å²) in [5.41, 5.74) is -0.232. The van der Waals surface area contributed by atoms with E-state index >= 15 is 0 Å². The molecule has 0 saturated carbocycles. The van der Waals surface area contributed by atoms with Crippen LogP contribution in [0.15, 0.2) is 0 Å². The summed E-state index contributed by atoms with van der Waals surface area (Å²) in [5.74, 6) is 1.94. The highest BCUT2D eigenvalue weighted by atomic mass is 32.2. The Labute approximate surface area is 120 Å². The lowest BCUT2D eigenvalue weighted by Crippen LogP contribution is -2.61. The van der Waals surface area contributed by atoms with Gasteiger partial charge in [0.1, 0.15) is 5.54 Å². The van der Waals surface area contributed by atoms with E-state index in [0.29, 0.717) is 0 Å². The van der Waals surface area contributed by atoms with E-state index in [-0.39, 0.29) is 11.4 Å². The lowest BCUT2D eigenvalue weighted by atomic mass is 9.78. The van der Waals surface area contributed by atoms with Crippen molar-refractivity contribution in [2.75, 3.05) is 44.8 Å². The Balaban J connectivity index is 2.25. The maximum absolute atomic E-state index is 12.5. The Bertz CT molecular complexity index is 327. The number of esters is 1. The van der Waals surface area contributed by atoms with Gasteiger partial charge in [0, 0.05) is 25.4 Å². The van der Waals surface area contributed by atoms with E-state index in [2.05, 4.69) is 24.1 Å². The fraction of sp³-hybridized carbons (Fsp3) is 0.929. The number of hydrogen-bond donors (Lipinski definition) is 1. The van der Waals surface area contributed by atoms with Crippen LogP contribution in [-0.4, -0.2) is 61.2 Å². The van der Waals surface area contributed by atoms with E-state index < -0.39 is 5.54 Å². The number of carbonyl (C=O) groups excluding carboxylic acids is 1. The van der Waals surface area contributed by atoms with Crippen LogP contribution in [0.4, 0.5) is 0 Å². The highest BCUT2D eigenvalue weighted by Crippen LogP contribution is 2.43. The summed E-state index contributed by atoms with van der Waals surface area (Å²) in [4.78, 5) is 14.9. The molecular weight excluding hydrogens is 260 g/mol. The van der Waals surface area contributed by atoms with Gasteiger partial charge >= 0.3 is 5.97 Å². The first-order chi connectivity index (χ1) is 9.00. The van der Waals surface area contributed by atoms with E-state index in [0.717, 1.165) is 50.5 Å². The Morgan fingerprint density at radius 2 is 2.05 bits per heavy atom. The zero-order valence-corrected chi connectivity index (χ0v) is 13.1. The number of carbonyl (C=O) groups is 1. The SMILES string of the molecule is COC(=O)C1(N2CCCNCC2)CSCC(C)(C)C1. The van der Waals surface area contributed by atoms with Gasteiger partial charge in [-0.25, -0.2) is 0 Å². The van der Waals surface area contributed by atoms with Gasteiger partial charge in [0.15, 0.2) is 0 Å². The molecule has 19 heavy (non-hydrogen) atoms. The molecule has 2 aliphatic heterocycles. The van der Waals surface area contributed by atoms with E-state index in [1.807, 2.05) is 11.8 Å². The van der Waals surface area contributed by atoms with Crippen molar-refractivity contribution in [2.45, 2.75) is 32.2 Å². The molecule has 0 aromatic rings. The second-order valence-electron chi connectivity index (χ2n) is 6.45. The van der Waals surface area contributed by atoms with Crippen LogP contribution in [0.5, 0.6) is 0 Å². The van der Waals surface area contributed by atoms with Crippen LogP contribution in [0.1, 0.15) is 26.7 Å². The standard InChI is InChI=1S/C14H26N2O2S/c1-13(2)9-14(11-19-10-13,12(17)18-3)16-7-4-5-15-6-8-16/h15H,4-11H2,1-3H3. The fourth-order valence-corrected chi connectivity index (χ4v) is 4.81. The zero-order chi connectivity index (χ0) is 13.9. The van der Waals surface area contributed by atoms with E-state index in [4.69, 9.17) is 4.74 Å². The van der Waals surface area contributed by atoms with Crippen LogP contribution in [-0.2, 0) is 9.53 Å². The minimum Gasteiger partial charge on any atom is -0.468 e. The number of thioether (sulfide) groups is 1. The fourth-order valence-electron chi connectivity index (χ4n) is 3.32. The van der Waals surface area contributed by atoms with Crippen LogP contribution in [0.2, 0.25) is 0 Å². The number of ether oxygens (including phenoxy) is 1. The third-order valence-corrected chi connectivity index (χ3v) is 5.78. The maximum atomic E-state index is 12.5. The first-order valence-corrected chi connectivity index (χ1v) is 8.28. The van der Waals surface area contributed by atoms with Gasteiger partial charge in [0.05, 0.1) is 7.11 Å². The van der Waals surface area contributed by atoms with Crippen molar-refractivity contribution >= 4 is 17.7 Å². The summed E-state index contributed by atoms with van der Waals surface area (Å²) < 4.78 is 5.17. The molecule has 2 aliphatic rings. The smallest absolute Gasteiger partial charge is 0.327 e. The summed E-state index contributed by atoms with van der Waals surface area (Å²) in [6.07, 6.45) is 2.00. The van der Waals surface area contributed by atoms with Crippen molar-refractivity contribution in [3.8, 4) is 0 Å². The molecule has 0 aromatic carbocycles. The minimum atomic E-state index is -0.423. The molecule has 1 unspecified atom stereocenters. The van der Waals surface area contributed by atoms with Gasteiger partial charge in [-0.15, -0.1) is 0 Å². The normalized spacial score (nSPS) is 32.6. The average molecular weight is 286 g/mol. The molecule has 0 radical (unpaired) electrons. The summed E-state index contributed by atoms with van der Waals surface area (Å²) in [7, 11) is 1.52. The minimum absolute atomic E-state index is 0.0466. The predicted octanol–water partition coefficient (Wildman–Crippen LogP) is 1.36. The molecule has 4 nitrogen and oxygen atoms in total. The van der Waals surface area contributed by atoms with Gasteiger partial charge < -0.3 is 10.1 Å². The van der Waals surface area contributed by atoms with Crippen molar-refractivity contribution < 1.29 is 9.53 Å². The first-order valence-electron chi connectivity index (χ1n) is 7.12. The number of nitrogens with one attached hydrogen (secondary N) is 1. The number of methoxy groups -OCH3 is 1. The highest BCUT2D eigenvalue weighted by molar-refractivity contribution is 7.99. The topological polar surface area (TPSA) is 41.6 Å². The number of rotatable bonds is 2. The molecule has 110 valence electrons. The summed E-state index contributed by atoms with van der Waals surface area (Å²) in [6, 6.07) is 0. The second kappa shape index (κ2) is 6.02. The van der Waals surface area contributed by atoms with E-state index in [1.54, 1.807) is 0 Å². The molecule has 2 saturated heterocycles. The second-order valence-corrected chi connectivity index (χ2v) is 7.43. The Hall–Kier alpha value is -0.260. The molecule has 0 aliphatic carbocycles. The Kier molecular flexibility index (Phi) is 4.79. The lowest BCUT2D eigenvalue weighted by Gasteiger charge is -2.48. The van der Waals surface area contributed by atoms with Crippen molar-refractivity contribution in [1.82, 2.24) is 10.2 Å². The lowest BCUT2D eigenvalue weighted by molar-refractivity contribution is -0.156. The third-order valence-electron chi connectivity index (χ3n) is 4.12. The highest BCUT2D eigenvalue weighted by Gasteiger charge is 2.50. The van der Waals surface area contributed by atoms with Gasteiger partial charge in [-0.05, 0) is 30.6 Å². The van der Waals surface area contributed by atoms with Gasteiger partial charge in [-0.1, -0.05) is 13.8 Å². The number of nitrogens with zero attached hydrogens (tertiary/aromatic N) is 1. The van der Waals surface area contributed by atoms with Crippen LogP contribution in [0.3, 0.4) is 0 Å². The molecule has 0 bridgehead atoms. The van der Waals surface area contributed by atoms with Gasteiger partial charge in [0.2, 0.25) is 0 Å². The molecule has 5 heteroatoms.